The summed E-state index contributed by atoms with van der Waals surface area (Å²) in [6.07, 6.45) is 12.4. The predicted octanol–water partition coefficient (Wildman–Crippen LogP) is 6.06. The van der Waals surface area contributed by atoms with Gasteiger partial charge in [0.2, 0.25) is 5.91 Å². The average molecular weight is 383 g/mol. The molecule has 2 aromatic carbocycles. The van der Waals surface area contributed by atoms with Crippen LogP contribution in [0.15, 0.2) is 48.5 Å². The minimum atomic E-state index is 0.0460. The average Bonchev–Trinajstić information content (AvgIpc) is 2.68. The number of nitrogens with one attached hydrogen (secondary N) is 1. The number of para-hydroxylation sites is 2. The Hall–Kier alpha value is -2.49. The molecule has 2 rings (SSSR count). The summed E-state index contributed by atoms with van der Waals surface area (Å²) < 4.78 is 0. The van der Waals surface area contributed by atoms with Crippen molar-refractivity contribution in [1.82, 2.24) is 0 Å². The van der Waals surface area contributed by atoms with Gasteiger partial charge in [-0.2, -0.15) is 0 Å². The van der Waals surface area contributed by atoms with Crippen LogP contribution in [0.1, 0.15) is 69.8 Å². The fraction of sp³-hybridized carbons (Fsp3) is 0.458. The maximum absolute atomic E-state index is 11.9. The highest BCUT2D eigenvalue weighted by atomic mass is 16.3. The molecule has 0 aliphatic carbocycles. The number of aromatic hydroxyl groups is 1. The fourth-order valence-corrected chi connectivity index (χ4v) is 3.39. The van der Waals surface area contributed by atoms with E-state index in [0.29, 0.717) is 23.5 Å². The molecule has 0 aliphatic rings. The van der Waals surface area contributed by atoms with Crippen LogP contribution in [0.4, 0.5) is 11.4 Å². The number of hydrogen-bond acceptors (Lipinski definition) is 3. The van der Waals surface area contributed by atoms with Crippen molar-refractivity contribution < 1.29 is 9.90 Å². The number of phenols is 1. The van der Waals surface area contributed by atoms with Crippen LogP contribution in [0.2, 0.25) is 0 Å². The molecule has 0 atom stereocenters. The zero-order valence-electron chi connectivity index (χ0n) is 16.8. The SMILES string of the molecule is Nc1ccccc1NC(=O)CCCCCCCCCCCc1cccc(O)c1. The fourth-order valence-electron chi connectivity index (χ4n) is 3.39. The molecule has 0 aliphatic heterocycles. The Kier molecular flexibility index (Phi) is 9.98. The number of unbranched alkanes of at least 4 members (excludes halogenated alkanes) is 8. The summed E-state index contributed by atoms with van der Waals surface area (Å²) in [5.41, 5.74) is 8.37. The van der Waals surface area contributed by atoms with Gasteiger partial charge in [-0.1, -0.05) is 69.2 Å². The molecule has 4 nitrogen and oxygen atoms in total. The number of phenolic OH excluding ortho intramolecular Hbond substituents is 1. The van der Waals surface area contributed by atoms with Crippen LogP contribution >= 0.6 is 0 Å². The molecular weight excluding hydrogens is 348 g/mol. The second-order valence-electron chi connectivity index (χ2n) is 7.49. The van der Waals surface area contributed by atoms with E-state index in [2.05, 4.69) is 11.4 Å². The molecule has 0 unspecified atom stereocenters. The van der Waals surface area contributed by atoms with Gasteiger partial charge in [-0.25, -0.2) is 0 Å². The topological polar surface area (TPSA) is 75.3 Å². The van der Waals surface area contributed by atoms with Crippen LogP contribution in [-0.4, -0.2) is 11.0 Å². The number of carbonyl (C=O) groups is 1. The van der Waals surface area contributed by atoms with Gasteiger partial charge < -0.3 is 16.2 Å². The van der Waals surface area contributed by atoms with Gasteiger partial charge in [0, 0.05) is 6.42 Å². The molecule has 1 amide bonds. The summed E-state index contributed by atoms with van der Waals surface area (Å²) in [6.45, 7) is 0. The normalized spacial score (nSPS) is 10.7. The molecule has 0 bridgehead atoms. The molecule has 0 radical (unpaired) electrons. The van der Waals surface area contributed by atoms with Crippen molar-refractivity contribution in [3.8, 4) is 5.75 Å². The van der Waals surface area contributed by atoms with E-state index in [9.17, 15) is 9.90 Å². The zero-order chi connectivity index (χ0) is 20.0. The van der Waals surface area contributed by atoms with Crippen molar-refractivity contribution in [1.29, 1.82) is 0 Å². The van der Waals surface area contributed by atoms with E-state index >= 15 is 0 Å². The molecule has 0 fully saturated rings. The van der Waals surface area contributed by atoms with Crippen molar-refractivity contribution in [3.63, 3.8) is 0 Å². The lowest BCUT2D eigenvalue weighted by Crippen LogP contribution is -2.12. The number of hydrogen-bond donors (Lipinski definition) is 3. The summed E-state index contributed by atoms with van der Waals surface area (Å²) in [4.78, 5) is 11.9. The first-order valence-electron chi connectivity index (χ1n) is 10.6. The third-order valence-corrected chi connectivity index (χ3v) is 5.01. The maximum Gasteiger partial charge on any atom is 0.224 e. The first-order valence-corrected chi connectivity index (χ1v) is 10.6. The van der Waals surface area contributed by atoms with Crippen LogP contribution in [0.5, 0.6) is 5.75 Å². The van der Waals surface area contributed by atoms with E-state index in [-0.39, 0.29) is 5.91 Å². The Balaban J connectivity index is 1.39. The maximum atomic E-state index is 11.9. The van der Waals surface area contributed by atoms with E-state index in [1.807, 2.05) is 30.3 Å². The monoisotopic (exact) mass is 382 g/mol. The Bertz CT molecular complexity index is 715. The minimum absolute atomic E-state index is 0.0460. The summed E-state index contributed by atoms with van der Waals surface area (Å²) in [5, 5.41) is 12.3. The predicted molar refractivity (Wildman–Crippen MR) is 117 cm³/mol. The smallest absolute Gasteiger partial charge is 0.224 e. The summed E-state index contributed by atoms with van der Waals surface area (Å²) >= 11 is 0. The van der Waals surface area contributed by atoms with Crippen molar-refractivity contribution in [2.45, 2.75) is 70.6 Å². The van der Waals surface area contributed by atoms with Crippen molar-refractivity contribution in [3.05, 3.63) is 54.1 Å². The Morgan fingerprint density at radius 1 is 0.821 bits per heavy atom. The molecule has 0 saturated carbocycles. The number of nitrogens with two attached hydrogens (primary N) is 1. The van der Waals surface area contributed by atoms with Crippen molar-refractivity contribution in [2.24, 2.45) is 0 Å². The third kappa shape index (κ3) is 8.94. The van der Waals surface area contributed by atoms with E-state index in [1.165, 1.54) is 50.5 Å². The Morgan fingerprint density at radius 2 is 1.46 bits per heavy atom. The Labute approximate surface area is 169 Å². The highest BCUT2D eigenvalue weighted by Crippen LogP contribution is 2.18. The number of benzene rings is 2. The molecule has 0 aromatic heterocycles. The molecule has 0 saturated heterocycles. The van der Waals surface area contributed by atoms with Gasteiger partial charge >= 0.3 is 0 Å². The van der Waals surface area contributed by atoms with Crippen LogP contribution in [0.25, 0.3) is 0 Å². The third-order valence-electron chi connectivity index (χ3n) is 5.01. The minimum Gasteiger partial charge on any atom is -0.508 e. The number of nitrogen functional groups attached to an aromatic ring is 1. The summed E-state index contributed by atoms with van der Waals surface area (Å²) in [7, 11) is 0. The lowest BCUT2D eigenvalue weighted by Gasteiger charge is -2.07. The van der Waals surface area contributed by atoms with E-state index in [0.717, 1.165) is 19.3 Å². The largest absolute Gasteiger partial charge is 0.508 e. The van der Waals surface area contributed by atoms with Crippen LogP contribution in [0.3, 0.4) is 0 Å². The standard InChI is InChI=1S/C24H34N2O2/c25-22-16-10-11-17-23(22)26-24(28)18-9-7-5-3-1-2-4-6-8-13-20-14-12-15-21(27)19-20/h10-12,14-17,19,27H,1-9,13,18,25H2,(H,26,28). The molecule has 0 heterocycles. The van der Waals surface area contributed by atoms with Gasteiger partial charge in [0.25, 0.3) is 0 Å². The van der Waals surface area contributed by atoms with Crippen LogP contribution in [-0.2, 0) is 11.2 Å². The van der Waals surface area contributed by atoms with Gasteiger partial charge in [-0.05, 0) is 49.1 Å². The Morgan fingerprint density at radius 3 is 2.14 bits per heavy atom. The van der Waals surface area contributed by atoms with Gasteiger partial charge in [0.05, 0.1) is 11.4 Å². The van der Waals surface area contributed by atoms with Crippen molar-refractivity contribution >= 4 is 17.3 Å². The molecule has 4 N–H and O–H groups in total. The van der Waals surface area contributed by atoms with Crippen molar-refractivity contribution in [2.75, 3.05) is 11.1 Å². The van der Waals surface area contributed by atoms with Gasteiger partial charge in [0.1, 0.15) is 5.75 Å². The second-order valence-corrected chi connectivity index (χ2v) is 7.49. The van der Waals surface area contributed by atoms with E-state index in [1.54, 1.807) is 12.1 Å². The number of anilines is 2. The lowest BCUT2D eigenvalue weighted by atomic mass is 10.0. The van der Waals surface area contributed by atoms with Gasteiger partial charge in [-0.15, -0.1) is 0 Å². The zero-order valence-corrected chi connectivity index (χ0v) is 16.8. The van der Waals surface area contributed by atoms with E-state index in [4.69, 9.17) is 5.73 Å². The summed E-state index contributed by atoms with van der Waals surface area (Å²) in [6, 6.07) is 14.9. The first kappa shape index (κ1) is 21.8. The molecular formula is C24H34N2O2. The quantitative estimate of drug-likeness (QED) is 0.291. The van der Waals surface area contributed by atoms with Crippen LogP contribution < -0.4 is 11.1 Å². The number of aryl methyl sites for hydroxylation is 1. The molecule has 28 heavy (non-hydrogen) atoms. The number of amides is 1. The number of carbonyl (C=O) groups excluding carboxylic acids is 1. The van der Waals surface area contributed by atoms with Gasteiger partial charge in [0.15, 0.2) is 0 Å². The van der Waals surface area contributed by atoms with Gasteiger partial charge in [-0.3, -0.25) is 4.79 Å². The number of rotatable bonds is 13. The summed E-state index contributed by atoms with van der Waals surface area (Å²) in [5.74, 6) is 0.406. The highest BCUT2D eigenvalue weighted by molar-refractivity contribution is 5.93. The highest BCUT2D eigenvalue weighted by Gasteiger charge is 2.04. The van der Waals surface area contributed by atoms with E-state index < -0.39 is 0 Å². The molecule has 2 aromatic rings. The molecule has 4 heteroatoms. The molecule has 0 spiro atoms. The second kappa shape index (κ2) is 12.8. The van der Waals surface area contributed by atoms with Crippen LogP contribution in [0, 0.1) is 0 Å². The molecule has 152 valence electrons. The first-order chi connectivity index (χ1) is 13.6. The lowest BCUT2D eigenvalue weighted by molar-refractivity contribution is -0.116.